The van der Waals surface area contributed by atoms with Gasteiger partial charge in [0.05, 0.1) is 17.4 Å². The van der Waals surface area contributed by atoms with Gasteiger partial charge in [0.25, 0.3) is 0 Å². The summed E-state index contributed by atoms with van der Waals surface area (Å²) in [6, 6.07) is -0.0209. The van der Waals surface area contributed by atoms with Gasteiger partial charge in [-0.25, -0.2) is 0 Å². The van der Waals surface area contributed by atoms with Gasteiger partial charge in [0.15, 0.2) is 0 Å². The lowest BCUT2D eigenvalue weighted by molar-refractivity contribution is -0.122. The summed E-state index contributed by atoms with van der Waals surface area (Å²) in [4.78, 5) is 11.8. The van der Waals surface area contributed by atoms with Crippen molar-refractivity contribution in [2.45, 2.75) is 56.4 Å². The second-order valence-electron chi connectivity index (χ2n) is 4.10. The van der Waals surface area contributed by atoms with E-state index in [-0.39, 0.29) is 23.3 Å². The maximum Gasteiger partial charge on any atom is 0.233 e. The van der Waals surface area contributed by atoms with E-state index in [0.717, 1.165) is 32.1 Å². The van der Waals surface area contributed by atoms with Gasteiger partial charge in [0.1, 0.15) is 0 Å². The Labute approximate surface area is 96.0 Å². The molecule has 1 fully saturated rings. The Morgan fingerprint density at radius 2 is 2.20 bits per heavy atom. The smallest absolute Gasteiger partial charge is 0.233 e. The van der Waals surface area contributed by atoms with Gasteiger partial charge in [-0.3, -0.25) is 4.79 Å². The number of carbonyl (C=O) groups excluding carboxylic acids is 1. The maximum absolute atomic E-state index is 11.8. The van der Waals surface area contributed by atoms with Gasteiger partial charge >= 0.3 is 0 Å². The van der Waals surface area contributed by atoms with E-state index in [1.807, 2.05) is 13.2 Å². The summed E-state index contributed by atoms with van der Waals surface area (Å²) in [6.45, 7) is 2.01. The first-order valence-corrected chi connectivity index (χ1v) is 6.99. The molecule has 3 atom stereocenters. The van der Waals surface area contributed by atoms with Crippen molar-refractivity contribution in [3.63, 3.8) is 0 Å². The third kappa shape index (κ3) is 3.68. The van der Waals surface area contributed by atoms with Gasteiger partial charge < -0.3 is 10.4 Å². The maximum atomic E-state index is 11.8. The molecule has 0 aromatic carbocycles. The lowest BCUT2D eigenvalue weighted by Crippen LogP contribution is -2.47. The first-order valence-electron chi connectivity index (χ1n) is 5.70. The van der Waals surface area contributed by atoms with E-state index in [0.29, 0.717) is 0 Å². The summed E-state index contributed by atoms with van der Waals surface area (Å²) in [5, 5.41) is 12.7. The van der Waals surface area contributed by atoms with Crippen LogP contribution in [0.15, 0.2) is 0 Å². The van der Waals surface area contributed by atoms with Crippen LogP contribution in [0, 0.1) is 0 Å². The molecule has 0 radical (unpaired) electrons. The number of nitrogens with one attached hydrogen (secondary N) is 1. The van der Waals surface area contributed by atoms with E-state index in [9.17, 15) is 9.90 Å². The van der Waals surface area contributed by atoms with E-state index < -0.39 is 0 Å². The molecule has 4 heteroatoms. The van der Waals surface area contributed by atoms with Gasteiger partial charge in [0, 0.05) is 0 Å². The van der Waals surface area contributed by atoms with Crippen LogP contribution in [-0.4, -0.2) is 34.7 Å². The van der Waals surface area contributed by atoms with Gasteiger partial charge in [-0.1, -0.05) is 19.8 Å². The van der Waals surface area contributed by atoms with Crippen LogP contribution < -0.4 is 5.32 Å². The normalized spacial score (nSPS) is 28.5. The summed E-state index contributed by atoms with van der Waals surface area (Å²) < 4.78 is 0. The third-order valence-corrected chi connectivity index (χ3v) is 4.12. The molecule has 1 aliphatic rings. The minimum atomic E-state index is -0.345. The Kier molecular flexibility index (Phi) is 5.47. The molecule has 0 aromatic heterocycles. The van der Waals surface area contributed by atoms with Crippen molar-refractivity contribution in [2.24, 2.45) is 0 Å². The van der Waals surface area contributed by atoms with Crippen LogP contribution in [0.4, 0.5) is 0 Å². The topological polar surface area (TPSA) is 49.3 Å². The summed E-state index contributed by atoms with van der Waals surface area (Å²) in [7, 11) is 0. The minimum absolute atomic E-state index is 0.0209. The van der Waals surface area contributed by atoms with Crippen molar-refractivity contribution in [1.82, 2.24) is 5.32 Å². The molecule has 3 nitrogen and oxygen atoms in total. The van der Waals surface area contributed by atoms with Crippen molar-refractivity contribution in [3.8, 4) is 0 Å². The monoisotopic (exact) mass is 231 g/mol. The third-order valence-electron chi connectivity index (χ3n) is 3.00. The number of amides is 1. The van der Waals surface area contributed by atoms with Gasteiger partial charge in [0.2, 0.25) is 5.91 Å². The Hall–Kier alpha value is -0.220. The quantitative estimate of drug-likeness (QED) is 0.772. The van der Waals surface area contributed by atoms with E-state index in [1.54, 1.807) is 11.8 Å². The fourth-order valence-corrected chi connectivity index (χ4v) is 2.63. The fraction of sp³-hybridized carbons (Fsp3) is 0.909. The molecule has 1 amide bonds. The summed E-state index contributed by atoms with van der Waals surface area (Å²) in [5.74, 6) is 0.0796. The molecule has 15 heavy (non-hydrogen) atoms. The van der Waals surface area contributed by atoms with E-state index in [1.165, 1.54) is 0 Å². The number of thioether (sulfide) groups is 1. The number of aliphatic hydroxyl groups excluding tert-OH is 1. The molecule has 1 saturated carbocycles. The van der Waals surface area contributed by atoms with E-state index in [4.69, 9.17) is 0 Å². The highest BCUT2D eigenvalue weighted by Crippen LogP contribution is 2.19. The number of hydrogen-bond acceptors (Lipinski definition) is 3. The van der Waals surface area contributed by atoms with Crippen LogP contribution in [-0.2, 0) is 4.79 Å². The van der Waals surface area contributed by atoms with Crippen LogP contribution in [0.3, 0.4) is 0 Å². The molecule has 0 bridgehead atoms. The summed E-state index contributed by atoms with van der Waals surface area (Å²) >= 11 is 1.57. The van der Waals surface area contributed by atoms with E-state index >= 15 is 0 Å². The lowest BCUT2D eigenvalue weighted by Gasteiger charge is -2.29. The van der Waals surface area contributed by atoms with Gasteiger partial charge in [-0.2, -0.15) is 11.8 Å². The first-order chi connectivity index (χ1) is 7.19. The average Bonchev–Trinajstić information content (AvgIpc) is 2.23. The Morgan fingerprint density at radius 3 is 2.73 bits per heavy atom. The molecule has 0 aromatic rings. The van der Waals surface area contributed by atoms with Crippen molar-refractivity contribution in [1.29, 1.82) is 0 Å². The van der Waals surface area contributed by atoms with Crippen LogP contribution in [0.1, 0.15) is 39.0 Å². The molecule has 2 N–H and O–H groups in total. The summed E-state index contributed by atoms with van der Waals surface area (Å²) in [5.41, 5.74) is 0. The Bertz CT molecular complexity index is 207. The van der Waals surface area contributed by atoms with Gasteiger partial charge in [-0.05, 0) is 25.5 Å². The standard InChI is InChI=1S/C11H21NO2S/c1-3-10(15-2)11(14)12-8-6-4-5-7-9(8)13/h8-10,13H,3-7H2,1-2H3,(H,12,14)/t8-,9-,10-/m0/s1. The van der Waals surface area contributed by atoms with Crippen molar-refractivity contribution >= 4 is 17.7 Å². The number of carbonyl (C=O) groups is 1. The second-order valence-corrected chi connectivity index (χ2v) is 5.14. The van der Waals surface area contributed by atoms with Crippen molar-refractivity contribution in [3.05, 3.63) is 0 Å². The summed E-state index contributed by atoms with van der Waals surface area (Å²) in [6.07, 6.45) is 6.37. The van der Waals surface area contributed by atoms with Crippen LogP contribution >= 0.6 is 11.8 Å². The molecule has 0 saturated heterocycles. The highest BCUT2D eigenvalue weighted by atomic mass is 32.2. The molecular formula is C11H21NO2S. The lowest BCUT2D eigenvalue weighted by atomic mass is 9.92. The number of aliphatic hydroxyl groups is 1. The molecule has 0 heterocycles. The van der Waals surface area contributed by atoms with E-state index in [2.05, 4.69) is 5.32 Å². The zero-order valence-corrected chi connectivity index (χ0v) is 10.3. The highest BCUT2D eigenvalue weighted by Gasteiger charge is 2.26. The van der Waals surface area contributed by atoms with Crippen LogP contribution in [0.5, 0.6) is 0 Å². The Morgan fingerprint density at radius 1 is 1.53 bits per heavy atom. The van der Waals surface area contributed by atoms with Crippen molar-refractivity contribution < 1.29 is 9.90 Å². The predicted molar refractivity (Wildman–Crippen MR) is 64.0 cm³/mol. The van der Waals surface area contributed by atoms with Crippen LogP contribution in [0.25, 0.3) is 0 Å². The minimum Gasteiger partial charge on any atom is -0.391 e. The largest absolute Gasteiger partial charge is 0.391 e. The molecule has 0 unspecified atom stereocenters. The Balaban J connectivity index is 2.41. The molecule has 1 aliphatic carbocycles. The zero-order chi connectivity index (χ0) is 11.3. The SMILES string of the molecule is CC[C@H](SC)C(=O)N[C@H]1CCCC[C@@H]1O. The molecule has 0 spiro atoms. The highest BCUT2D eigenvalue weighted by molar-refractivity contribution is 7.99. The fourth-order valence-electron chi connectivity index (χ4n) is 2.01. The number of rotatable bonds is 4. The van der Waals surface area contributed by atoms with Crippen LogP contribution in [0.2, 0.25) is 0 Å². The zero-order valence-electron chi connectivity index (χ0n) is 9.53. The molecule has 88 valence electrons. The molecular weight excluding hydrogens is 210 g/mol. The molecule has 0 aliphatic heterocycles. The average molecular weight is 231 g/mol. The van der Waals surface area contributed by atoms with Gasteiger partial charge in [-0.15, -0.1) is 0 Å². The van der Waals surface area contributed by atoms with Crippen molar-refractivity contribution in [2.75, 3.05) is 6.26 Å². The first kappa shape index (κ1) is 12.8. The number of hydrogen-bond donors (Lipinski definition) is 2. The predicted octanol–water partition coefficient (Wildman–Crippen LogP) is 1.55. The molecule has 1 rings (SSSR count). The second kappa shape index (κ2) is 6.38.